The van der Waals surface area contributed by atoms with Gasteiger partial charge in [0.25, 0.3) is 0 Å². The van der Waals surface area contributed by atoms with Crippen molar-refractivity contribution in [1.82, 2.24) is 4.90 Å². The molecule has 1 aliphatic heterocycles. The van der Waals surface area contributed by atoms with E-state index in [0.717, 1.165) is 29.8 Å². The highest BCUT2D eigenvalue weighted by Gasteiger charge is 2.31. The molecule has 0 fully saturated rings. The second-order valence-electron chi connectivity index (χ2n) is 6.23. The molecule has 0 saturated heterocycles. The summed E-state index contributed by atoms with van der Waals surface area (Å²) in [5.41, 5.74) is 9.25. The summed E-state index contributed by atoms with van der Waals surface area (Å²) in [6, 6.07) is 16.6. The van der Waals surface area contributed by atoms with E-state index in [0.29, 0.717) is 5.96 Å². The smallest absolute Gasteiger partial charge is 0.191 e. The van der Waals surface area contributed by atoms with Crippen molar-refractivity contribution in [2.24, 2.45) is 10.7 Å². The molecule has 120 valence electrons. The zero-order valence-electron chi connectivity index (χ0n) is 13.9. The molecule has 2 aromatic rings. The van der Waals surface area contributed by atoms with E-state index >= 15 is 0 Å². The molecule has 0 saturated carbocycles. The zero-order chi connectivity index (χ0) is 16.4. The van der Waals surface area contributed by atoms with Crippen LogP contribution in [0.2, 0.25) is 0 Å². The second-order valence-corrected chi connectivity index (χ2v) is 6.23. The quantitative estimate of drug-likeness (QED) is 0.947. The molecule has 0 bridgehead atoms. The van der Waals surface area contributed by atoms with Crippen molar-refractivity contribution in [2.75, 3.05) is 20.7 Å². The Bertz CT molecular complexity index is 741. The molecule has 3 rings (SSSR count). The third kappa shape index (κ3) is 3.02. The maximum Gasteiger partial charge on any atom is 0.191 e. The van der Waals surface area contributed by atoms with Gasteiger partial charge in [-0.25, -0.2) is 4.99 Å². The first-order chi connectivity index (χ1) is 11.0. The van der Waals surface area contributed by atoms with Crippen molar-refractivity contribution in [2.45, 2.75) is 18.9 Å². The lowest BCUT2D eigenvalue weighted by Gasteiger charge is -2.35. The van der Waals surface area contributed by atoms with Crippen LogP contribution in [0, 0.1) is 0 Å². The minimum Gasteiger partial charge on any atom is -0.497 e. The number of rotatable bonds is 3. The SMILES string of the molecule is COc1cccc(-c2cccc(C3(C)CCN(C)C(N)=N3)c2)c1. The third-order valence-electron chi connectivity index (χ3n) is 4.57. The Morgan fingerprint density at radius 3 is 2.52 bits per heavy atom. The molecule has 2 aromatic carbocycles. The van der Waals surface area contributed by atoms with Crippen molar-refractivity contribution in [3.8, 4) is 16.9 Å². The molecular weight excluding hydrogens is 286 g/mol. The van der Waals surface area contributed by atoms with Crippen molar-refractivity contribution in [1.29, 1.82) is 0 Å². The summed E-state index contributed by atoms with van der Waals surface area (Å²) in [6.45, 7) is 3.06. The maximum absolute atomic E-state index is 6.04. The van der Waals surface area contributed by atoms with E-state index in [2.05, 4.69) is 37.3 Å². The van der Waals surface area contributed by atoms with Crippen molar-refractivity contribution < 1.29 is 4.74 Å². The van der Waals surface area contributed by atoms with Crippen LogP contribution in [0.5, 0.6) is 5.75 Å². The topological polar surface area (TPSA) is 50.9 Å². The average molecular weight is 309 g/mol. The van der Waals surface area contributed by atoms with Crippen LogP contribution >= 0.6 is 0 Å². The molecule has 4 heteroatoms. The molecule has 23 heavy (non-hydrogen) atoms. The van der Waals surface area contributed by atoms with E-state index < -0.39 is 0 Å². The predicted molar refractivity (Wildman–Crippen MR) is 94.7 cm³/mol. The van der Waals surface area contributed by atoms with E-state index in [9.17, 15) is 0 Å². The highest BCUT2D eigenvalue weighted by Crippen LogP contribution is 2.34. The molecule has 0 radical (unpaired) electrons. The summed E-state index contributed by atoms with van der Waals surface area (Å²) in [4.78, 5) is 6.72. The number of ether oxygens (including phenoxy) is 1. The number of hydrogen-bond donors (Lipinski definition) is 1. The van der Waals surface area contributed by atoms with Crippen molar-refractivity contribution in [3.63, 3.8) is 0 Å². The lowest BCUT2D eigenvalue weighted by Crippen LogP contribution is -2.43. The molecule has 4 nitrogen and oxygen atoms in total. The molecule has 1 atom stereocenters. The van der Waals surface area contributed by atoms with E-state index in [1.165, 1.54) is 5.56 Å². The van der Waals surface area contributed by atoms with Gasteiger partial charge in [0.05, 0.1) is 12.6 Å². The fourth-order valence-electron chi connectivity index (χ4n) is 2.94. The molecule has 0 amide bonds. The molecule has 0 aliphatic carbocycles. The molecule has 1 aliphatic rings. The molecule has 0 spiro atoms. The van der Waals surface area contributed by atoms with Gasteiger partial charge < -0.3 is 15.4 Å². The lowest BCUT2D eigenvalue weighted by atomic mass is 9.86. The summed E-state index contributed by atoms with van der Waals surface area (Å²) in [5.74, 6) is 1.46. The van der Waals surface area contributed by atoms with E-state index in [4.69, 9.17) is 15.5 Å². The number of nitrogens with zero attached hydrogens (tertiary/aromatic N) is 2. The number of hydrogen-bond acceptors (Lipinski definition) is 4. The van der Waals surface area contributed by atoms with Crippen LogP contribution in [0.1, 0.15) is 18.9 Å². The van der Waals surface area contributed by atoms with Gasteiger partial charge in [0.15, 0.2) is 5.96 Å². The maximum atomic E-state index is 6.04. The minimum absolute atomic E-state index is 0.272. The van der Waals surface area contributed by atoms with Crippen molar-refractivity contribution in [3.05, 3.63) is 54.1 Å². The number of nitrogens with two attached hydrogens (primary N) is 1. The monoisotopic (exact) mass is 309 g/mol. The van der Waals surface area contributed by atoms with Gasteiger partial charge >= 0.3 is 0 Å². The van der Waals surface area contributed by atoms with Crippen LogP contribution < -0.4 is 10.5 Å². The highest BCUT2D eigenvalue weighted by atomic mass is 16.5. The minimum atomic E-state index is -0.272. The summed E-state index contributed by atoms with van der Waals surface area (Å²) in [6.07, 6.45) is 0.950. The van der Waals surface area contributed by atoms with Crippen LogP contribution in [0.3, 0.4) is 0 Å². The average Bonchev–Trinajstić information content (AvgIpc) is 2.59. The van der Waals surface area contributed by atoms with Crippen LogP contribution in [-0.4, -0.2) is 31.6 Å². The van der Waals surface area contributed by atoms with E-state index in [1.807, 2.05) is 30.1 Å². The molecular formula is C19H23N3O. The fraction of sp³-hybridized carbons (Fsp3) is 0.316. The van der Waals surface area contributed by atoms with Crippen LogP contribution in [0.15, 0.2) is 53.5 Å². The van der Waals surface area contributed by atoms with Crippen LogP contribution in [0.25, 0.3) is 11.1 Å². The van der Waals surface area contributed by atoms with Gasteiger partial charge in [-0.3, -0.25) is 0 Å². The molecule has 1 unspecified atom stereocenters. The normalized spacial score (nSPS) is 21.0. The van der Waals surface area contributed by atoms with Crippen LogP contribution in [0.4, 0.5) is 0 Å². The first-order valence-corrected chi connectivity index (χ1v) is 7.83. The number of guanidine groups is 1. The van der Waals surface area contributed by atoms with Gasteiger partial charge in [-0.1, -0.05) is 30.3 Å². The van der Waals surface area contributed by atoms with Gasteiger partial charge in [-0.15, -0.1) is 0 Å². The first-order valence-electron chi connectivity index (χ1n) is 7.83. The van der Waals surface area contributed by atoms with Gasteiger partial charge in [-0.05, 0) is 48.2 Å². The highest BCUT2D eigenvalue weighted by molar-refractivity contribution is 5.79. The Morgan fingerprint density at radius 1 is 1.13 bits per heavy atom. The lowest BCUT2D eigenvalue weighted by molar-refractivity contribution is 0.339. The summed E-state index contributed by atoms with van der Waals surface area (Å²) in [7, 11) is 3.66. The third-order valence-corrected chi connectivity index (χ3v) is 4.57. The van der Waals surface area contributed by atoms with Crippen molar-refractivity contribution >= 4 is 5.96 Å². The van der Waals surface area contributed by atoms with Gasteiger partial charge in [-0.2, -0.15) is 0 Å². The van der Waals surface area contributed by atoms with Crippen LogP contribution in [-0.2, 0) is 5.54 Å². The van der Waals surface area contributed by atoms with Gasteiger partial charge in [0, 0.05) is 13.6 Å². The van der Waals surface area contributed by atoms with E-state index in [-0.39, 0.29) is 5.54 Å². The Kier molecular flexibility index (Phi) is 3.99. The van der Waals surface area contributed by atoms with E-state index in [1.54, 1.807) is 7.11 Å². The molecule has 1 heterocycles. The first kappa shape index (κ1) is 15.4. The van der Waals surface area contributed by atoms with Gasteiger partial charge in [0.2, 0.25) is 0 Å². The Morgan fingerprint density at radius 2 is 1.83 bits per heavy atom. The van der Waals surface area contributed by atoms with Gasteiger partial charge in [0.1, 0.15) is 5.75 Å². The standard InChI is InChI=1S/C19H23N3O/c1-19(10-11-22(2)18(20)21-19)16-8-4-6-14(12-16)15-7-5-9-17(13-15)23-3/h4-9,12-13H,10-11H2,1-3H3,(H2,20,21). The predicted octanol–water partition coefficient (Wildman–Crippen LogP) is 3.23. The molecule has 2 N–H and O–H groups in total. The summed E-state index contributed by atoms with van der Waals surface area (Å²) >= 11 is 0. The summed E-state index contributed by atoms with van der Waals surface area (Å²) < 4.78 is 5.32. The molecule has 0 aromatic heterocycles. The number of aliphatic imine (C=N–C) groups is 1. The number of benzene rings is 2. The summed E-state index contributed by atoms with van der Waals surface area (Å²) in [5, 5.41) is 0. The Labute approximate surface area is 137 Å². The second kappa shape index (κ2) is 5.95. The zero-order valence-corrected chi connectivity index (χ0v) is 13.9. The number of methoxy groups -OCH3 is 1. The fourth-order valence-corrected chi connectivity index (χ4v) is 2.94. The Hall–Kier alpha value is -2.49. The largest absolute Gasteiger partial charge is 0.497 e. The Balaban J connectivity index is 2.00.